The first-order valence-corrected chi connectivity index (χ1v) is 9.62. The van der Waals surface area contributed by atoms with Crippen LogP contribution in [0.15, 0.2) is 27.7 Å². The van der Waals surface area contributed by atoms with E-state index in [9.17, 15) is 8.78 Å². The Labute approximate surface area is 169 Å². The predicted octanol–water partition coefficient (Wildman–Crippen LogP) is 3.66. The van der Waals surface area contributed by atoms with Crippen LogP contribution in [-0.4, -0.2) is 31.4 Å². The molecule has 1 aromatic heterocycles. The lowest BCUT2D eigenvalue weighted by Crippen LogP contribution is -2.37. The van der Waals surface area contributed by atoms with E-state index in [1.54, 1.807) is 12.1 Å². The van der Waals surface area contributed by atoms with Crippen LogP contribution in [0.3, 0.4) is 0 Å². The third kappa shape index (κ3) is 6.33. The summed E-state index contributed by atoms with van der Waals surface area (Å²) in [5.41, 5.74) is 2.68. The number of guanidine groups is 1. The third-order valence-corrected chi connectivity index (χ3v) is 4.25. The van der Waals surface area contributed by atoms with Crippen LogP contribution < -0.4 is 20.1 Å². The van der Waals surface area contributed by atoms with Crippen molar-refractivity contribution >= 4 is 5.96 Å². The minimum absolute atomic E-state index is 0.0159. The Kier molecular flexibility index (Phi) is 8.69. The second-order valence-electron chi connectivity index (χ2n) is 6.15. The third-order valence-electron chi connectivity index (χ3n) is 4.25. The standard InChI is InChI=1S/C20H28F2N4O3/c1-5-15-14(16(6-2)29-26-15)12-25-20(23-7-3)24-11-13-8-9-17(27-4)18(10-13)28-19(21)22/h8-10,19H,5-7,11-12H2,1-4H3,(H2,23,24,25). The zero-order valence-electron chi connectivity index (χ0n) is 17.2. The molecule has 2 aromatic rings. The number of aryl methyl sites for hydroxylation is 2. The van der Waals surface area contributed by atoms with Gasteiger partial charge in [0.1, 0.15) is 5.76 Å². The van der Waals surface area contributed by atoms with Crippen LogP contribution in [0.4, 0.5) is 8.78 Å². The number of aromatic nitrogens is 1. The summed E-state index contributed by atoms with van der Waals surface area (Å²) in [5, 5.41) is 10.6. The van der Waals surface area contributed by atoms with Gasteiger partial charge in [-0.1, -0.05) is 25.1 Å². The predicted molar refractivity (Wildman–Crippen MR) is 107 cm³/mol. The number of alkyl halides is 2. The zero-order valence-corrected chi connectivity index (χ0v) is 17.2. The number of aliphatic imine (C=N–C) groups is 1. The van der Waals surface area contributed by atoms with Gasteiger partial charge < -0.3 is 24.6 Å². The van der Waals surface area contributed by atoms with Gasteiger partial charge in [-0.15, -0.1) is 0 Å². The smallest absolute Gasteiger partial charge is 0.387 e. The quantitative estimate of drug-likeness (QED) is 0.460. The highest BCUT2D eigenvalue weighted by Gasteiger charge is 2.14. The van der Waals surface area contributed by atoms with Gasteiger partial charge >= 0.3 is 6.61 Å². The van der Waals surface area contributed by atoms with E-state index in [2.05, 4.69) is 25.5 Å². The van der Waals surface area contributed by atoms with Gasteiger partial charge in [-0.3, -0.25) is 0 Å². The molecular formula is C20H28F2N4O3. The highest BCUT2D eigenvalue weighted by atomic mass is 19.3. The number of nitrogens with zero attached hydrogens (tertiary/aromatic N) is 2. The molecule has 9 heteroatoms. The summed E-state index contributed by atoms with van der Waals surface area (Å²) in [4.78, 5) is 4.53. The second-order valence-corrected chi connectivity index (χ2v) is 6.15. The van der Waals surface area contributed by atoms with Gasteiger partial charge in [0.25, 0.3) is 0 Å². The fourth-order valence-corrected chi connectivity index (χ4v) is 2.83. The lowest BCUT2D eigenvalue weighted by Gasteiger charge is -2.13. The van der Waals surface area contributed by atoms with E-state index in [-0.39, 0.29) is 18.0 Å². The summed E-state index contributed by atoms with van der Waals surface area (Å²) in [6.45, 7) is 4.58. The molecule has 0 saturated carbocycles. The van der Waals surface area contributed by atoms with Gasteiger partial charge in [-0.05, 0) is 31.0 Å². The monoisotopic (exact) mass is 410 g/mol. The Hall–Kier alpha value is -2.84. The molecule has 1 heterocycles. The van der Waals surface area contributed by atoms with Gasteiger partial charge in [0.2, 0.25) is 0 Å². The maximum atomic E-state index is 12.6. The van der Waals surface area contributed by atoms with Crippen LogP contribution in [0.25, 0.3) is 0 Å². The first kappa shape index (κ1) is 22.4. The lowest BCUT2D eigenvalue weighted by atomic mass is 10.1. The van der Waals surface area contributed by atoms with Gasteiger partial charge in [0.05, 0.1) is 19.3 Å². The molecule has 1 aromatic carbocycles. The highest BCUT2D eigenvalue weighted by Crippen LogP contribution is 2.29. The molecule has 160 valence electrons. The maximum Gasteiger partial charge on any atom is 0.387 e. The van der Waals surface area contributed by atoms with Crippen molar-refractivity contribution in [2.75, 3.05) is 13.7 Å². The maximum absolute atomic E-state index is 12.6. The summed E-state index contributed by atoms with van der Waals surface area (Å²) in [5.74, 6) is 1.69. The molecule has 0 aliphatic carbocycles. The number of hydrogen-bond acceptors (Lipinski definition) is 5. The van der Waals surface area contributed by atoms with Crippen LogP contribution in [0.1, 0.15) is 43.4 Å². The SMILES string of the molecule is CCNC(=NCc1ccc(OC)c(OC(F)F)c1)NCc1c(CC)noc1CC. The van der Waals surface area contributed by atoms with Crippen molar-refractivity contribution in [1.82, 2.24) is 15.8 Å². The van der Waals surface area contributed by atoms with E-state index >= 15 is 0 Å². The van der Waals surface area contributed by atoms with Gasteiger partial charge in [-0.25, -0.2) is 4.99 Å². The van der Waals surface area contributed by atoms with Crippen LogP contribution in [0.5, 0.6) is 11.5 Å². The summed E-state index contributed by atoms with van der Waals surface area (Å²) in [7, 11) is 1.40. The topological polar surface area (TPSA) is 80.9 Å². The van der Waals surface area contributed by atoms with Gasteiger partial charge in [0.15, 0.2) is 17.5 Å². The summed E-state index contributed by atoms with van der Waals surface area (Å²) in [6, 6.07) is 4.85. The minimum Gasteiger partial charge on any atom is -0.493 e. The minimum atomic E-state index is -2.93. The van der Waals surface area contributed by atoms with Gasteiger partial charge in [0, 0.05) is 25.1 Å². The molecule has 29 heavy (non-hydrogen) atoms. The molecule has 0 saturated heterocycles. The Morgan fingerprint density at radius 1 is 1.17 bits per heavy atom. The molecule has 2 N–H and O–H groups in total. The van der Waals surface area contributed by atoms with Crippen molar-refractivity contribution in [1.29, 1.82) is 0 Å². The molecule has 0 atom stereocenters. The molecule has 0 unspecified atom stereocenters. The number of benzene rings is 1. The Morgan fingerprint density at radius 2 is 1.97 bits per heavy atom. The van der Waals surface area contributed by atoms with E-state index in [4.69, 9.17) is 9.26 Å². The number of halogens is 2. The number of methoxy groups -OCH3 is 1. The molecule has 0 bridgehead atoms. The molecule has 0 amide bonds. The molecule has 7 nitrogen and oxygen atoms in total. The zero-order chi connectivity index (χ0) is 21.2. The second kappa shape index (κ2) is 11.2. The van der Waals surface area contributed by atoms with E-state index in [0.717, 1.165) is 29.9 Å². The number of hydrogen-bond donors (Lipinski definition) is 2. The van der Waals surface area contributed by atoms with Crippen LogP contribution in [-0.2, 0) is 25.9 Å². The Bertz CT molecular complexity index is 788. The number of ether oxygens (including phenoxy) is 2. The Morgan fingerprint density at radius 3 is 2.59 bits per heavy atom. The highest BCUT2D eigenvalue weighted by molar-refractivity contribution is 5.79. The molecule has 0 aliphatic rings. The average molecular weight is 410 g/mol. The van der Waals surface area contributed by atoms with Gasteiger partial charge in [-0.2, -0.15) is 8.78 Å². The van der Waals surface area contributed by atoms with Crippen molar-refractivity contribution in [3.05, 3.63) is 40.8 Å². The van der Waals surface area contributed by atoms with E-state index in [1.807, 2.05) is 20.8 Å². The van der Waals surface area contributed by atoms with E-state index in [1.165, 1.54) is 13.2 Å². The first-order valence-electron chi connectivity index (χ1n) is 9.62. The average Bonchev–Trinajstić information content (AvgIpc) is 3.11. The van der Waals surface area contributed by atoms with Crippen molar-refractivity contribution in [2.24, 2.45) is 4.99 Å². The number of rotatable bonds is 10. The largest absolute Gasteiger partial charge is 0.493 e. The normalized spacial score (nSPS) is 11.6. The van der Waals surface area contributed by atoms with E-state index < -0.39 is 6.61 Å². The Balaban J connectivity index is 2.12. The summed E-state index contributed by atoms with van der Waals surface area (Å²) in [6.07, 6.45) is 1.55. The summed E-state index contributed by atoms with van der Waals surface area (Å²) < 4.78 is 40.2. The summed E-state index contributed by atoms with van der Waals surface area (Å²) >= 11 is 0. The molecule has 0 radical (unpaired) electrons. The molecular weight excluding hydrogens is 382 g/mol. The fourth-order valence-electron chi connectivity index (χ4n) is 2.83. The van der Waals surface area contributed by atoms with Crippen LogP contribution >= 0.6 is 0 Å². The van der Waals surface area contributed by atoms with Crippen molar-refractivity contribution in [3.8, 4) is 11.5 Å². The van der Waals surface area contributed by atoms with Crippen molar-refractivity contribution in [2.45, 2.75) is 53.3 Å². The molecule has 0 aliphatic heterocycles. The van der Waals surface area contributed by atoms with Crippen molar-refractivity contribution < 1.29 is 22.8 Å². The van der Waals surface area contributed by atoms with Crippen LogP contribution in [0, 0.1) is 0 Å². The van der Waals surface area contributed by atoms with Crippen LogP contribution in [0.2, 0.25) is 0 Å². The molecule has 0 spiro atoms. The molecule has 0 fully saturated rings. The number of nitrogens with one attached hydrogen (secondary N) is 2. The first-order chi connectivity index (χ1) is 14.0. The molecule has 2 rings (SSSR count). The van der Waals surface area contributed by atoms with Crippen molar-refractivity contribution in [3.63, 3.8) is 0 Å². The fraction of sp³-hybridized carbons (Fsp3) is 0.500. The van der Waals surface area contributed by atoms with E-state index in [0.29, 0.717) is 24.6 Å². The lowest BCUT2D eigenvalue weighted by molar-refractivity contribution is -0.0512.